The minimum atomic E-state index is -4.80. The quantitative estimate of drug-likeness (QED) is 0.256. The van der Waals surface area contributed by atoms with Crippen LogP contribution in [-0.2, 0) is 23.8 Å². The van der Waals surface area contributed by atoms with E-state index < -0.39 is 52.7 Å². The lowest BCUT2D eigenvalue weighted by molar-refractivity contribution is -0.139. The molecule has 0 bridgehead atoms. The van der Waals surface area contributed by atoms with E-state index in [1.165, 1.54) is 11.8 Å². The van der Waals surface area contributed by atoms with E-state index in [1.807, 2.05) is 11.9 Å². The number of carbonyl (C=O) groups is 1. The monoisotopic (exact) mass is 647 g/mol. The van der Waals surface area contributed by atoms with Crippen molar-refractivity contribution in [3.63, 3.8) is 0 Å². The number of hydrogen-bond acceptors (Lipinski definition) is 8. The van der Waals surface area contributed by atoms with Crippen molar-refractivity contribution >= 4 is 17.4 Å². The van der Waals surface area contributed by atoms with E-state index in [0.29, 0.717) is 23.7 Å². The third-order valence-electron chi connectivity index (χ3n) is 9.53. The van der Waals surface area contributed by atoms with E-state index >= 15 is 4.39 Å². The Morgan fingerprint density at radius 2 is 1.96 bits per heavy atom. The van der Waals surface area contributed by atoms with Crippen molar-refractivity contribution in [1.29, 1.82) is 5.26 Å². The van der Waals surface area contributed by atoms with Gasteiger partial charge in [-0.2, -0.15) is 28.4 Å². The minimum absolute atomic E-state index is 0.0175. The van der Waals surface area contributed by atoms with Crippen molar-refractivity contribution in [1.82, 2.24) is 19.8 Å². The number of nitrogens with two attached hydrogens (primary N) is 1. The van der Waals surface area contributed by atoms with Gasteiger partial charge in [0.05, 0.1) is 35.5 Å². The Morgan fingerprint density at radius 3 is 2.59 bits per heavy atom. The molecular weight excluding hydrogens is 609 g/mol. The zero-order valence-electron chi connectivity index (χ0n) is 26.1. The number of benzene rings is 1. The summed E-state index contributed by atoms with van der Waals surface area (Å²) in [5.41, 5.74) is 4.96. The number of nitrogen functional groups attached to an aromatic ring is 1. The zero-order chi connectivity index (χ0) is 33.5. The highest BCUT2D eigenvalue weighted by Crippen LogP contribution is 2.47. The average molecular weight is 648 g/mol. The van der Waals surface area contributed by atoms with Crippen LogP contribution in [0.3, 0.4) is 0 Å². The standard InChI is InChI=1S/C32H38F5N7O2/c1-17-12-23-25(14-22(17)26-27(32(35,36)37)18(2)13-24(39)28(26)34)40-31(46-16-21-6-5-9-42(21)4)41-29(23)43-10-11-44(30(45)19(3)33)20(15-43)7-8-38/h13,17,20-22H,3,5-7,9-12,14-16,39H2,1-2,4H3/t17-,20?,21-,22-/m0/s1. The van der Waals surface area contributed by atoms with Crippen LogP contribution in [0.2, 0.25) is 0 Å². The van der Waals surface area contributed by atoms with Gasteiger partial charge in [-0.25, -0.2) is 8.78 Å². The predicted molar refractivity (Wildman–Crippen MR) is 161 cm³/mol. The van der Waals surface area contributed by atoms with E-state index in [1.54, 1.807) is 6.92 Å². The molecule has 9 nitrogen and oxygen atoms in total. The van der Waals surface area contributed by atoms with Crippen molar-refractivity contribution in [3.8, 4) is 12.1 Å². The molecule has 0 saturated carbocycles. The minimum Gasteiger partial charge on any atom is -0.462 e. The molecule has 3 heterocycles. The van der Waals surface area contributed by atoms with Gasteiger partial charge in [-0.15, -0.1) is 0 Å². The van der Waals surface area contributed by atoms with Crippen LogP contribution in [0.4, 0.5) is 33.5 Å². The number of fused-ring (bicyclic) bond motifs is 1. The number of rotatable bonds is 7. The van der Waals surface area contributed by atoms with Crippen LogP contribution in [0.5, 0.6) is 6.01 Å². The normalized spacial score (nSPS) is 23.6. The number of aromatic nitrogens is 2. The van der Waals surface area contributed by atoms with Crippen molar-refractivity contribution in [3.05, 3.63) is 52.2 Å². The number of hydrogen-bond donors (Lipinski definition) is 1. The third kappa shape index (κ3) is 6.47. The summed E-state index contributed by atoms with van der Waals surface area (Å²) in [5.74, 6) is -3.96. The van der Waals surface area contributed by atoms with Gasteiger partial charge in [0.1, 0.15) is 18.2 Å². The summed E-state index contributed by atoms with van der Waals surface area (Å²) >= 11 is 0. The second kappa shape index (κ2) is 13.0. The van der Waals surface area contributed by atoms with Gasteiger partial charge >= 0.3 is 12.2 Å². The van der Waals surface area contributed by atoms with Crippen LogP contribution >= 0.6 is 0 Å². The lowest BCUT2D eigenvalue weighted by atomic mass is 9.73. The number of amides is 1. The summed E-state index contributed by atoms with van der Waals surface area (Å²) in [6.45, 7) is 7.86. The van der Waals surface area contributed by atoms with Crippen LogP contribution in [0.25, 0.3) is 0 Å². The molecule has 14 heteroatoms. The highest BCUT2D eigenvalue weighted by Gasteiger charge is 2.43. The Bertz CT molecular complexity index is 1560. The molecule has 1 aromatic carbocycles. The highest BCUT2D eigenvalue weighted by atomic mass is 19.4. The molecule has 0 spiro atoms. The molecule has 2 saturated heterocycles. The lowest BCUT2D eigenvalue weighted by Gasteiger charge is -2.42. The fourth-order valence-electron chi connectivity index (χ4n) is 7.14. The van der Waals surface area contributed by atoms with Crippen molar-refractivity contribution < 1.29 is 31.5 Å². The molecule has 2 fully saturated rings. The topological polar surface area (TPSA) is 112 Å². The molecule has 5 rings (SSSR count). The van der Waals surface area contributed by atoms with Crippen molar-refractivity contribution in [2.45, 2.75) is 70.1 Å². The van der Waals surface area contributed by atoms with E-state index in [-0.39, 0.29) is 62.2 Å². The fraction of sp³-hybridized carbons (Fsp3) is 0.562. The Hall–Kier alpha value is -3.99. The molecule has 0 radical (unpaired) electrons. The first kappa shape index (κ1) is 33.4. The second-order valence-corrected chi connectivity index (χ2v) is 12.6. The van der Waals surface area contributed by atoms with Crippen LogP contribution in [0.15, 0.2) is 18.5 Å². The summed E-state index contributed by atoms with van der Waals surface area (Å²) in [6.07, 6.45) is -2.71. The SMILES string of the molecule is C=C(F)C(=O)N1CCN(c2nc(OC[C@@H]3CCCN3C)nc3c2C[C@H](C)[C@@H](c2c(F)c(N)cc(C)c2C(F)(F)F)C3)CC1CC#N. The van der Waals surface area contributed by atoms with Crippen LogP contribution in [0.1, 0.15) is 60.1 Å². The molecule has 248 valence electrons. The van der Waals surface area contributed by atoms with E-state index in [2.05, 4.69) is 22.5 Å². The number of halogens is 5. The number of piperazine rings is 1. The van der Waals surface area contributed by atoms with Gasteiger partial charge in [0.15, 0.2) is 5.83 Å². The molecule has 1 aromatic heterocycles. The molecule has 1 unspecified atom stereocenters. The number of likely N-dealkylation sites (tertiary alicyclic amines) is 1. The fourth-order valence-corrected chi connectivity index (χ4v) is 7.14. The van der Waals surface area contributed by atoms with Crippen molar-refractivity contribution in [2.75, 3.05) is 50.5 Å². The molecule has 4 atom stereocenters. The maximum Gasteiger partial charge on any atom is 0.417 e. The highest BCUT2D eigenvalue weighted by molar-refractivity contribution is 5.91. The summed E-state index contributed by atoms with van der Waals surface area (Å²) in [6, 6.07) is 2.58. The van der Waals surface area contributed by atoms with Gasteiger partial charge in [0.25, 0.3) is 5.91 Å². The van der Waals surface area contributed by atoms with Gasteiger partial charge in [0.2, 0.25) is 0 Å². The zero-order valence-corrected chi connectivity index (χ0v) is 26.1. The van der Waals surface area contributed by atoms with Gasteiger partial charge < -0.3 is 25.2 Å². The maximum atomic E-state index is 15.6. The van der Waals surface area contributed by atoms with Crippen LogP contribution in [-0.4, -0.2) is 77.6 Å². The van der Waals surface area contributed by atoms with Gasteiger partial charge in [-0.1, -0.05) is 13.5 Å². The number of likely N-dealkylation sites (N-methyl/N-ethyl adjacent to an activating group) is 1. The number of alkyl halides is 3. The summed E-state index contributed by atoms with van der Waals surface area (Å²) in [5, 5.41) is 9.47. The maximum absolute atomic E-state index is 15.6. The number of nitriles is 1. The molecule has 3 aliphatic rings. The number of carbonyl (C=O) groups excluding carboxylic acids is 1. The van der Waals surface area contributed by atoms with E-state index in [0.717, 1.165) is 25.5 Å². The molecule has 2 aliphatic heterocycles. The first-order valence-corrected chi connectivity index (χ1v) is 15.4. The number of anilines is 2. The Morgan fingerprint density at radius 1 is 1.22 bits per heavy atom. The Labute approximate surface area is 264 Å². The summed E-state index contributed by atoms with van der Waals surface area (Å²) in [4.78, 5) is 27.2. The lowest BCUT2D eigenvalue weighted by Crippen LogP contribution is -2.55. The molecule has 1 aliphatic carbocycles. The van der Waals surface area contributed by atoms with Gasteiger partial charge in [-0.3, -0.25) is 4.79 Å². The summed E-state index contributed by atoms with van der Waals surface area (Å²) in [7, 11) is 1.99. The predicted octanol–water partition coefficient (Wildman–Crippen LogP) is 4.93. The summed E-state index contributed by atoms with van der Waals surface area (Å²) < 4.78 is 78.5. The molecular formula is C32H38F5N7O2. The van der Waals surface area contributed by atoms with E-state index in [4.69, 9.17) is 15.5 Å². The van der Waals surface area contributed by atoms with E-state index in [9.17, 15) is 27.6 Å². The molecule has 2 N–H and O–H groups in total. The van der Waals surface area contributed by atoms with Crippen LogP contribution in [0, 0.1) is 30.0 Å². The second-order valence-electron chi connectivity index (χ2n) is 12.6. The number of aryl methyl sites for hydroxylation is 1. The van der Waals surface area contributed by atoms with Gasteiger partial charge in [0, 0.05) is 36.8 Å². The third-order valence-corrected chi connectivity index (χ3v) is 9.53. The Balaban J connectivity index is 1.56. The van der Waals surface area contributed by atoms with Gasteiger partial charge in [-0.05, 0) is 69.7 Å². The molecule has 46 heavy (non-hydrogen) atoms. The van der Waals surface area contributed by atoms with Crippen LogP contribution < -0.4 is 15.4 Å². The first-order valence-electron chi connectivity index (χ1n) is 15.4. The molecule has 1 amide bonds. The van der Waals surface area contributed by atoms with Crippen molar-refractivity contribution in [2.24, 2.45) is 5.92 Å². The largest absolute Gasteiger partial charge is 0.462 e. The molecule has 2 aromatic rings. The first-order chi connectivity index (χ1) is 21.7. The number of nitrogens with zero attached hydrogens (tertiary/aromatic N) is 6. The Kier molecular flexibility index (Phi) is 9.45. The smallest absolute Gasteiger partial charge is 0.417 e. The average Bonchev–Trinajstić information content (AvgIpc) is 3.40. The number of ether oxygens (including phenoxy) is 1.